The molecule has 0 N–H and O–H groups in total. The van der Waals surface area contributed by atoms with E-state index in [9.17, 15) is 0 Å². The van der Waals surface area contributed by atoms with Gasteiger partial charge in [0.15, 0.2) is 0 Å². The van der Waals surface area contributed by atoms with Crippen LogP contribution in [-0.4, -0.2) is 42.5 Å². The lowest BCUT2D eigenvalue weighted by atomic mass is 10.1. The summed E-state index contributed by atoms with van der Waals surface area (Å²) in [5.41, 5.74) is 0.0548. The third-order valence-electron chi connectivity index (χ3n) is 2.39. The lowest BCUT2D eigenvalue weighted by Crippen LogP contribution is -2.48. The maximum Gasteiger partial charge on any atom is 0.0753 e. The van der Waals surface area contributed by atoms with Crippen molar-refractivity contribution in [1.82, 2.24) is 4.90 Å². The van der Waals surface area contributed by atoms with E-state index in [-0.39, 0.29) is 5.60 Å². The predicted octanol–water partition coefficient (Wildman–Crippen LogP) is 1.81. The van der Waals surface area contributed by atoms with Crippen molar-refractivity contribution in [3.05, 3.63) is 0 Å². The van der Waals surface area contributed by atoms with Crippen LogP contribution in [0.5, 0.6) is 0 Å². The zero-order valence-corrected chi connectivity index (χ0v) is 9.65. The van der Waals surface area contributed by atoms with Crippen molar-refractivity contribution in [3.8, 4) is 0 Å². The first kappa shape index (κ1) is 11.3. The summed E-state index contributed by atoms with van der Waals surface area (Å²) in [6, 6.07) is 0. The molecule has 1 aliphatic heterocycles. The molecule has 3 heteroatoms. The summed E-state index contributed by atoms with van der Waals surface area (Å²) in [4.78, 5) is 2.49. The van der Waals surface area contributed by atoms with E-state index < -0.39 is 0 Å². The minimum atomic E-state index is 0.0548. The van der Waals surface area contributed by atoms with Crippen LogP contribution in [0.15, 0.2) is 0 Å². The van der Waals surface area contributed by atoms with Crippen molar-refractivity contribution in [3.63, 3.8) is 0 Å². The fourth-order valence-electron chi connectivity index (χ4n) is 1.75. The van der Waals surface area contributed by atoms with E-state index in [1.54, 1.807) is 0 Å². The smallest absolute Gasteiger partial charge is 0.0753 e. The van der Waals surface area contributed by atoms with Gasteiger partial charge in [-0.05, 0) is 39.0 Å². The maximum absolute atomic E-state index is 5.65. The minimum absolute atomic E-state index is 0.0548. The molecule has 1 rings (SSSR count). The Balaban J connectivity index is 2.19. The van der Waals surface area contributed by atoms with Crippen LogP contribution in [0.2, 0.25) is 0 Å². The second-order valence-electron chi connectivity index (χ2n) is 4.32. The molecule has 0 radical (unpaired) electrons. The van der Waals surface area contributed by atoms with Gasteiger partial charge in [0.1, 0.15) is 0 Å². The number of ether oxygens (including phenoxy) is 1. The van der Waals surface area contributed by atoms with E-state index in [0.717, 1.165) is 25.4 Å². The van der Waals surface area contributed by atoms with Crippen molar-refractivity contribution in [2.24, 2.45) is 0 Å². The molecule has 13 heavy (non-hydrogen) atoms. The first-order chi connectivity index (χ1) is 6.14. The quantitative estimate of drug-likeness (QED) is 0.552. The summed E-state index contributed by atoms with van der Waals surface area (Å²) in [6.45, 7) is 8.58. The first-order valence-electron chi connectivity index (χ1n) is 5.11. The monoisotopic (exact) mass is 203 g/mol. The topological polar surface area (TPSA) is 12.5 Å². The van der Waals surface area contributed by atoms with E-state index in [1.165, 1.54) is 19.4 Å². The van der Waals surface area contributed by atoms with Gasteiger partial charge in [0.25, 0.3) is 0 Å². The largest absolute Gasteiger partial charge is 0.373 e. The molecule has 0 spiro atoms. The molecular formula is C10H21NOS. The number of thiol groups is 1. The van der Waals surface area contributed by atoms with Crippen molar-refractivity contribution in [2.75, 3.05) is 32.0 Å². The van der Waals surface area contributed by atoms with Crippen LogP contribution in [0.1, 0.15) is 26.7 Å². The van der Waals surface area contributed by atoms with Crippen LogP contribution in [0.3, 0.4) is 0 Å². The predicted molar refractivity (Wildman–Crippen MR) is 59.6 cm³/mol. The van der Waals surface area contributed by atoms with Crippen LogP contribution >= 0.6 is 12.6 Å². The van der Waals surface area contributed by atoms with Crippen molar-refractivity contribution in [1.29, 1.82) is 0 Å². The molecule has 0 atom stereocenters. The van der Waals surface area contributed by atoms with Gasteiger partial charge in [-0.3, -0.25) is 4.90 Å². The highest BCUT2D eigenvalue weighted by atomic mass is 32.1. The minimum Gasteiger partial charge on any atom is -0.373 e. The van der Waals surface area contributed by atoms with Crippen LogP contribution < -0.4 is 0 Å². The highest BCUT2D eigenvalue weighted by Gasteiger charge is 2.26. The van der Waals surface area contributed by atoms with Gasteiger partial charge in [-0.25, -0.2) is 0 Å². The lowest BCUT2D eigenvalue weighted by Gasteiger charge is -2.38. The highest BCUT2D eigenvalue weighted by Crippen LogP contribution is 2.16. The molecule has 0 unspecified atom stereocenters. The van der Waals surface area contributed by atoms with E-state index in [0.29, 0.717) is 0 Å². The Labute approximate surface area is 87.0 Å². The molecule has 0 aromatic heterocycles. The molecule has 0 amide bonds. The molecular weight excluding hydrogens is 182 g/mol. The molecule has 0 aliphatic carbocycles. The van der Waals surface area contributed by atoms with Crippen molar-refractivity contribution < 1.29 is 4.74 Å². The summed E-state index contributed by atoms with van der Waals surface area (Å²) in [6.07, 6.45) is 2.49. The summed E-state index contributed by atoms with van der Waals surface area (Å²) < 4.78 is 5.65. The molecule has 1 saturated heterocycles. The normalized spacial score (nSPS) is 23.3. The molecule has 1 fully saturated rings. The fraction of sp³-hybridized carbons (Fsp3) is 1.00. The number of morpholine rings is 1. The van der Waals surface area contributed by atoms with Gasteiger partial charge in [-0.15, -0.1) is 0 Å². The van der Waals surface area contributed by atoms with Gasteiger partial charge in [0.2, 0.25) is 0 Å². The zero-order valence-electron chi connectivity index (χ0n) is 8.75. The second kappa shape index (κ2) is 5.23. The zero-order chi connectivity index (χ0) is 9.73. The van der Waals surface area contributed by atoms with Crippen molar-refractivity contribution >= 4 is 12.6 Å². The Morgan fingerprint density at radius 1 is 1.38 bits per heavy atom. The average molecular weight is 203 g/mol. The summed E-state index contributed by atoms with van der Waals surface area (Å²) in [7, 11) is 0. The molecule has 2 nitrogen and oxygen atoms in total. The van der Waals surface area contributed by atoms with Gasteiger partial charge in [0, 0.05) is 13.1 Å². The molecule has 0 saturated carbocycles. The Hall–Kier alpha value is 0.270. The van der Waals surface area contributed by atoms with Crippen LogP contribution in [0.25, 0.3) is 0 Å². The van der Waals surface area contributed by atoms with Gasteiger partial charge < -0.3 is 4.74 Å². The number of hydrogen-bond acceptors (Lipinski definition) is 3. The Bertz CT molecular complexity index is 150. The first-order valence-corrected chi connectivity index (χ1v) is 5.74. The standard InChI is InChI=1S/C10H21NOS/c1-10(2)9-11(6-7-12-10)5-3-4-8-13/h13H,3-9H2,1-2H3. The van der Waals surface area contributed by atoms with Gasteiger partial charge in [0.05, 0.1) is 12.2 Å². The number of nitrogens with zero attached hydrogens (tertiary/aromatic N) is 1. The summed E-state index contributed by atoms with van der Waals surface area (Å²) >= 11 is 4.21. The molecule has 1 aliphatic rings. The summed E-state index contributed by atoms with van der Waals surface area (Å²) in [5, 5.41) is 0. The van der Waals surface area contributed by atoms with Gasteiger partial charge in [-0.1, -0.05) is 0 Å². The number of hydrogen-bond donors (Lipinski definition) is 1. The average Bonchev–Trinajstić information content (AvgIpc) is 2.03. The highest BCUT2D eigenvalue weighted by molar-refractivity contribution is 7.80. The lowest BCUT2D eigenvalue weighted by molar-refractivity contribution is -0.0860. The maximum atomic E-state index is 5.65. The van der Waals surface area contributed by atoms with E-state index >= 15 is 0 Å². The van der Waals surface area contributed by atoms with Crippen LogP contribution in [0, 0.1) is 0 Å². The SMILES string of the molecule is CC1(C)CN(CCCCS)CCO1. The number of rotatable bonds is 4. The van der Waals surface area contributed by atoms with E-state index in [4.69, 9.17) is 4.74 Å². The van der Waals surface area contributed by atoms with Crippen LogP contribution in [-0.2, 0) is 4.74 Å². The molecule has 0 aromatic carbocycles. The van der Waals surface area contributed by atoms with Gasteiger partial charge in [-0.2, -0.15) is 12.6 Å². The van der Waals surface area contributed by atoms with E-state index in [1.807, 2.05) is 0 Å². The van der Waals surface area contributed by atoms with Crippen LogP contribution in [0.4, 0.5) is 0 Å². The summed E-state index contributed by atoms with van der Waals surface area (Å²) in [5.74, 6) is 1.01. The molecule has 1 heterocycles. The third-order valence-corrected chi connectivity index (χ3v) is 2.70. The Kier molecular flexibility index (Phi) is 4.56. The van der Waals surface area contributed by atoms with Crippen molar-refractivity contribution in [2.45, 2.75) is 32.3 Å². The Morgan fingerprint density at radius 2 is 2.15 bits per heavy atom. The molecule has 0 aromatic rings. The molecule has 78 valence electrons. The second-order valence-corrected chi connectivity index (χ2v) is 4.76. The fourth-order valence-corrected chi connectivity index (χ4v) is 1.98. The van der Waals surface area contributed by atoms with E-state index in [2.05, 4.69) is 31.4 Å². The number of unbranched alkanes of at least 4 members (excludes halogenated alkanes) is 1. The molecule has 0 bridgehead atoms. The van der Waals surface area contributed by atoms with Gasteiger partial charge >= 0.3 is 0 Å². The Morgan fingerprint density at radius 3 is 2.77 bits per heavy atom. The third kappa shape index (κ3) is 4.34.